The molecule has 72 valence electrons. The molecule has 1 amide bonds. The summed E-state index contributed by atoms with van der Waals surface area (Å²) in [5.74, 6) is 0.507. The summed E-state index contributed by atoms with van der Waals surface area (Å²) < 4.78 is 1.93. The van der Waals surface area contributed by atoms with E-state index in [2.05, 4.69) is 4.98 Å². The minimum atomic E-state index is -0.411. The molecule has 2 N–H and O–H groups in total. The van der Waals surface area contributed by atoms with E-state index in [-0.39, 0.29) is 0 Å². The molecule has 0 saturated carbocycles. The van der Waals surface area contributed by atoms with Gasteiger partial charge in [-0.2, -0.15) is 0 Å². The normalized spacial score (nSPS) is 10.7. The average Bonchev–Trinajstić information content (AvgIpc) is 2.43. The number of nitrogens with two attached hydrogens (primary N) is 1. The second-order valence-corrected chi connectivity index (χ2v) is 3.29. The fourth-order valence-corrected chi connectivity index (χ4v) is 1.46. The Kier molecular flexibility index (Phi) is 1.77. The van der Waals surface area contributed by atoms with Gasteiger partial charge in [-0.1, -0.05) is 0 Å². The molecule has 0 atom stereocenters. The Labute approximate surface area is 81.3 Å². The maximum Gasteiger partial charge on any atom is 0.248 e. The van der Waals surface area contributed by atoms with Gasteiger partial charge in [0.1, 0.15) is 5.82 Å². The molecule has 2 aromatic rings. The van der Waals surface area contributed by atoms with Gasteiger partial charge in [-0.05, 0) is 25.1 Å². The molecule has 1 aromatic heterocycles. The molecule has 0 aliphatic carbocycles. The Morgan fingerprint density at radius 3 is 2.86 bits per heavy atom. The van der Waals surface area contributed by atoms with Gasteiger partial charge < -0.3 is 10.3 Å². The number of nitrogens with zero attached hydrogens (tertiary/aromatic N) is 2. The maximum atomic E-state index is 11.0. The lowest BCUT2D eigenvalue weighted by Gasteiger charge is -1.98. The van der Waals surface area contributed by atoms with Gasteiger partial charge in [0.05, 0.1) is 11.0 Å². The van der Waals surface area contributed by atoms with Crippen molar-refractivity contribution >= 4 is 16.9 Å². The Hall–Kier alpha value is -1.84. The van der Waals surface area contributed by atoms with Gasteiger partial charge in [0, 0.05) is 12.6 Å². The first-order valence-corrected chi connectivity index (χ1v) is 4.32. The molecule has 1 aromatic carbocycles. The highest BCUT2D eigenvalue weighted by molar-refractivity contribution is 5.96. The minimum Gasteiger partial charge on any atom is -0.366 e. The zero-order valence-electron chi connectivity index (χ0n) is 8.11. The van der Waals surface area contributed by atoms with E-state index in [4.69, 9.17) is 5.73 Å². The number of carbonyl (C=O) groups excluding carboxylic acids is 1. The zero-order chi connectivity index (χ0) is 10.3. The summed E-state index contributed by atoms with van der Waals surface area (Å²) in [6.45, 7) is 1.92. The van der Waals surface area contributed by atoms with Crippen molar-refractivity contribution in [3.05, 3.63) is 29.6 Å². The maximum absolute atomic E-state index is 11.0. The van der Waals surface area contributed by atoms with Crippen LogP contribution in [0.2, 0.25) is 0 Å². The molecule has 0 bridgehead atoms. The minimum absolute atomic E-state index is 0.411. The van der Waals surface area contributed by atoms with Crippen molar-refractivity contribution in [2.75, 3.05) is 0 Å². The lowest BCUT2D eigenvalue weighted by Crippen LogP contribution is -2.10. The summed E-state index contributed by atoms with van der Waals surface area (Å²) in [7, 11) is 1.91. The molecule has 0 aliphatic rings. The molecule has 0 aliphatic heterocycles. The van der Waals surface area contributed by atoms with Crippen LogP contribution >= 0.6 is 0 Å². The summed E-state index contributed by atoms with van der Waals surface area (Å²) in [4.78, 5) is 15.3. The molecular weight excluding hydrogens is 178 g/mol. The molecule has 1 heterocycles. The third kappa shape index (κ3) is 1.16. The number of hydrogen-bond donors (Lipinski definition) is 1. The third-order valence-corrected chi connectivity index (χ3v) is 2.39. The first-order chi connectivity index (χ1) is 6.59. The Bertz CT molecular complexity index is 513. The lowest BCUT2D eigenvalue weighted by molar-refractivity contribution is 0.100. The summed E-state index contributed by atoms with van der Waals surface area (Å²) in [6, 6.07) is 5.26. The fourth-order valence-electron chi connectivity index (χ4n) is 1.46. The number of rotatable bonds is 1. The van der Waals surface area contributed by atoms with Crippen LogP contribution in [0, 0.1) is 6.92 Å². The Morgan fingerprint density at radius 1 is 1.50 bits per heavy atom. The molecule has 0 unspecified atom stereocenters. The van der Waals surface area contributed by atoms with Gasteiger partial charge in [0.15, 0.2) is 0 Å². The summed E-state index contributed by atoms with van der Waals surface area (Å²) in [6.07, 6.45) is 0. The number of carbonyl (C=O) groups is 1. The first-order valence-electron chi connectivity index (χ1n) is 4.32. The molecule has 0 saturated heterocycles. The summed E-state index contributed by atoms with van der Waals surface area (Å²) in [5.41, 5.74) is 7.52. The highest BCUT2D eigenvalue weighted by Crippen LogP contribution is 2.15. The molecular formula is C10H11N3O. The van der Waals surface area contributed by atoms with Gasteiger partial charge >= 0.3 is 0 Å². The van der Waals surface area contributed by atoms with Gasteiger partial charge in [-0.3, -0.25) is 4.79 Å². The number of aryl methyl sites for hydroxylation is 2. The largest absolute Gasteiger partial charge is 0.366 e. The van der Waals surface area contributed by atoms with E-state index < -0.39 is 5.91 Å². The van der Waals surface area contributed by atoms with Crippen LogP contribution in [0.5, 0.6) is 0 Å². The van der Waals surface area contributed by atoms with Crippen LogP contribution in [0.3, 0.4) is 0 Å². The van der Waals surface area contributed by atoms with E-state index >= 15 is 0 Å². The highest BCUT2D eigenvalue weighted by Gasteiger charge is 2.06. The smallest absolute Gasteiger partial charge is 0.248 e. The lowest BCUT2D eigenvalue weighted by atomic mass is 10.2. The van der Waals surface area contributed by atoms with Crippen LogP contribution < -0.4 is 5.73 Å². The van der Waals surface area contributed by atoms with E-state index in [1.54, 1.807) is 12.1 Å². The van der Waals surface area contributed by atoms with Crippen LogP contribution in [0.4, 0.5) is 0 Å². The van der Waals surface area contributed by atoms with Gasteiger partial charge in [0.2, 0.25) is 5.91 Å². The van der Waals surface area contributed by atoms with E-state index in [1.165, 1.54) is 0 Å². The van der Waals surface area contributed by atoms with Crippen molar-refractivity contribution in [1.29, 1.82) is 0 Å². The van der Waals surface area contributed by atoms with Crippen LogP contribution in [0.15, 0.2) is 18.2 Å². The van der Waals surface area contributed by atoms with E-state index in [1.807, 2.05) is 24.6 Å². The van der Waals surface area contributed by atoms with Crippen molar-refractivity contribution in [1.82, 2.24) is 9.55 Å². The van der Waals surface area contributed by atoms with Gasteiger partial charge in [0.25, 0.3) is 0 Å². The highest BCUT2D eigenvalue weighted by atomic mass is 16.1. The number of fused-ring (bicyclic) bond motifs is 1. The second kappa shape index (κ2) is 2.83. The third-order valence-electron chi connectivity index (χ3n) is 2.39. The topological polar surface area (TPSA) is 60.9 Å². The van der Waals surface area contributed by atoms with Crippen molar-refractivity contribution in [3.8, 4) is 0 Å². The predicted octanol–water partition coefficient (Wildman–Crippen LogP) is 0.981. The number of hydrogen-bond acceptors (Lipinski definition) is 2. The molecule has 0 radical (unpaired) electrons. The van der Waals surface area contributed by atoms with Crippen molar-refractivity contribution in [2.45, 2.75) is 6.92 Å². The van der Waals surface area contributed by atoms with Crippen molar-refractivity contribution in [2.24, 2.45) is 12.8 Å². The molecule has 14 heavy (non-hydrogen) atoms. The van der Waals surface area contributed by atoms with Crippen molar-refractivity contribution in [3.63, 3.8) is 0 Å². The summed E-state index contributed by atoms with van der Waals surface area (Å²) >= 11 is 0. The molecule has 0 spiro atoms. The molecule has 4 nitrogen and oxygen atoms in total. The first kappa shape index (κ1) is 8.74. The average molecular weight is 189 g/mol. The summed E-state index contributed by atoms with van der Waals surface area (Å²) in [5, 5.41) is 0. The zero-order valence-corrected chi connectivity index (χ0v) is 8.11. The van der Waals surface area contributed by atoms with Crippen LogP contribution in [0.25, 0.3) is 11.0 Å². The number of benzene rings is 1. The van der Waals surface area contributed by atoms with Gasteiger partial charge in [-0.15, -0.1) is 0 Å². The van der Waals surface area contributed by atoms with E-state index in [0.717, 1.165) is 16.9 Å². The van der Waals surface area contributed by atoms with Crippen LogP contribution in [-0.2, 0) is 7.05 Å². The number of imidazole rings is 1. The molecule has 2 rings (SSSR count). The Balaban J connectivity index is 2.76. The molecule has 4 heteroatoms. The fraction of sp³-hybridized carbons (Fsp3) is 0.200. The SMILES string of the molecule is Cc1nc2ccc(C(N)=O)cc2n1C. The number of amides is 1. The van der Waals surface area contributed by atoms with Crippen molar-refractivity contribution < 1.29 is 4.79 Å². The van der Waals surface area contributed by atoms with Crippen LogP contribution in [0.1, 0.15) is 16.2 Å². The monoisotopic (exact) mass is 189 g/mol. The van der Waals surface area contributed by atoms with E-state index in [9.17, 15) is 4.79 Å². The standard InChI is InChI=1S/C10H11N3O/c1-6-12-8-4-3-7(10(11)14)5-9(8)13(6)2/h3-5H,1-2H3,(H2,11,14). The number of aromatic nitrogens is 2. The van der Waals surface area contributed by atoms with Gasteiger partial charge in [-0.25, -0.2) is 4.98 Å². The number of primary amides is 1. The van der Waals surface area contributed by atoms with E-state index in [0.29, 0.717) is 5.56 Å². The predicted molar refractivity (Wildman–Crippen MR) is 54.0 cm³/mol. The molecule has 0 fully saturated rings. The second-order valence-electron chi connectivity index (χ2n) is 3.29. The Morgan fingerprint density at radius 2 is 2.21 bits per heavy atom. The van der Waals surface area contributed by atoms with Crippen LogP contribution in [-0.4, -0.2) is 15.5 Å². The quantitative estimate of drug-likeness (QED) is 0.726.